The summed E-state index contributed by atoms with van der Waals surface area (Å²) in [5, 5.41) is 19.0. The predicted octanol–water partition coefficient (Wildman–Crippen LogP) is 18.7. The van der Waals surface area contributed by atoms with Crippen LogP contribution in [0.4, 0.5) is 4.39 Å². The first kappa shape index (κ1) is 78.4. The number of aromatic nitrogens is 12. The molecule has 12 nitrogen and oxygen atoms in total. The van der Waals surface area contributed by atoms with Gasteiger partial charge in [0.05, 0.1) is 46.0 Å². The van der Waals surface area contributed by atoms with Crippen molar-refractivity contribution in [3.63, 3.8) is 0 Å². The Morgan fingerprint density at radius 1 is 0.384 bits per heavy atom. The van der Waals surface area contributed by atoms with E-state index in [1.807, 2.05) is 87.2 Å². The number of hydrogen-bond donors (Lipinski definition) is 0. The summed E-state index contributed by atoms with van der Waals surface area (Å²) in [6, 6.07) is 73.4. The van der Waals surface area contributed by atoms with Crippen LogP contribution in [-0.4, -0.2) is 59.1 Å². The summed E-state index contributed by atoms with van der Waals surface area (Å²) >= 11 is 0. The molecule has 1 aliphatic rings. The average Bonchev–Trinajstić information content (AvgIpc) is 1.58. The van der Waals surface area contributed by atoms with Gasteiger partial charge < -0.3 is 0 Å². The number of nitrogens with zero attached hydrogens (tertiary/aromatic N) is 12. The fourth-order valence-corrected chi connectivity index (χ4v) is 12.1. The van der Waals surface area contributed by atoms with Crippen molar-refractivity contribution in [3.05, 3.63) is 285 Å². The van der Waals surface area contributed by atoms with Crippen molar-refractivity contribution in [2.45, 2.75) is 134 Å². The number of hydrogen-bond acceptors (Lipinski definition) is 8. The maximum Gasteiger partial charge on any atom is 0.122 e. The van der Waals surface area contributed by atoms with E-state index in [1.165, 1.54) is 62.2 Å². The van der Waals surface area contributed by atoms with Crippen LogP contribution in [0.5, 0.6) is 0 Å². The molecule has 0 amide bonds. The van der Waals surface area contributed by atoms with E-state index < -0.39 is 0 Å². The minimum absolute atomic E-state index is 0. The molecular weight excluding hydrogens is 1940 g/mol. The second-order valence-electron chi connectivity index (χ2n) is 24.9. The molecule has 0 saturated heterocycles. The number of benzene rings is 9. The van der Waals surface area contributed by atoms with Crippen LogP contribution in [-0.2, 0) is 105 Å². The zero-order valence-corrected chi connectivity index (χ0v) is 67.7. The number of rotatable bonds is 14. The molecule has 0 fully saturated rings. The van der Waals surface area contributed by atoms with Crippen molar-refractivity contribution in [1.82, 2.24) is 59.1 Å². The molecule has 4 aromatic heterocycles. The summed E-state index contributed by atoms with van der Waals surface area (Å²) in [5.41, 5.74) is 21.3. The van der Waals surface area contributed by atoms with Crippen LogP contribution in [0.1, 0.15) is 127 Å². The van der Waals surface area contributed by atoms with E-state index in [0.717, 1.165) is 130 Å². The summed E-state index contributed by atoms with van der Waals surface area (Å²) in [7, 11) is 0. The Morgan fingerprint density at radius 3 is 1.25 bits per heavy atom. The Hall–Kier alpha value is -7.93. The third-order valence-electron chi connectivity index (χ3n) is 16.9. The third-order valence-corrected chi connectivity index (χ3v) is 16.9. The predicted molar refractivity (Wildman–Crippen MR) is 380 cm³/mol. The van der Waals surface area contributed by atoms with Crippen LogP contribution in [0.2, 0.25) is 0 Å². The maximum atomic E-state index is 13.0. The number of fused-ring (bicyclic) bond motifs is 3. The summed E-state index contributed by atoms with van der Waals surface area (Å²) in [6.45, 7) is 27.6. The molecule has 9 aromatic carbocycles. The second kappa shape index (κ2) is 35.4. The van der Waals surface area contributed by atoms with Crippen molar-refractivity contribution < 1.29 is 84.8 Å². The van der Waals surface area contributed by atoms with Crippen LogP contribution in [0.25, 0.3) is 79.4 Å². The zero-order valence-electron chi connectivity index (χ0n) is 58.1. The molecule has 516 valence electrons. The van der Waals surface area contributed by atoms with Gasteiger partial charge in [0.15, 0.2) is 0 Å². The number of para-hydroxylation sites is 4. The van der Waals surface area contributed by atoms with Gasteiger partial charge in [-0.05, 0) is 111 Å². The second-order valence-corrected chi connectivity index (χ2v) is 24.9. The van der Waals surface area contributed by atoms with Gasteiger partial charge >= 0.3 is 0 Å². The molecule has 0 saturated carbocycles. The van der Waals surface area contributed by atoms with Gasteiger partial charge in [-0.2, -0.15) is 20.4 Å². The first-order chi connectivity index (χ1) is 45.9. The summed E-state index contributed by atoms with van der Waals surface area (Å²) in [6.07, 6.45) is 5.69. The summed E-state index contributed by atoms with van der Waals surface area (Å²) in [4.78, 5) is 18.9. The molecule has 4 radical (unpaired) electrons. The van der Waals surface area contributed by atoms with E-state index in [-0.39, 0.29) is 91.7 Å². The first-order valence-electron chi connectivity index (χ1n) is 32.8. The Kier molecular flexibility index (Phi) is 28.0. The third kappa shape index (κ3) is 18.0. The Balaban J connectivity index is 0.000000185. The monoisotopic (exact) mass is 2020 g/mol. The van der Waals surface area contributed by atoms with Crippen LogP contribution < -0.4 is 0 Å². The normalized spacial score (nSPS) is 11.3. The van der Waals surface area contributed by atoms with Crippen molar-refractivity contribution in [1.29, 1.82) is 0 Å². The van der Waals surface area contributed by atoms with E-state index in [4.69, 9.17) is 20.2 Å². The molecule has 4 heterocycles. The molecule has 0 atom stereocenters. The van der Waals surface area contributed by atoms with Gasteiger partial charge in [-0.15, -0.1) is 129 Å². The molecule has 99 heavy (non-hydrogen) atoms. The largest absolute Gasteiger partial charge is 0.265 e. The Morgan fingerprint density at radius 2 is 0.798 bits per heavy atom. The summed E-state index contributed by atoms with van der Waals surface area (Å²) in [5.74, 6) is 6.27. The van der Waals surface area contributed by atoms with Gasteiger partial charge in [0.2, 0.25) is 0 Å². The molecule has 0 spiro atoms. The molecule has 14 rings (SSSR count). The quantitative estimate of drug-likeness (QED) is 0.0987. The van der Waals surface area contributed by atoms with E-state index >= 15 is 0 Å². The molecule has 0 unspecified atom stereocenters. The Labute approximate surface area is 637 Å². The SMILES string of the molecule is CCCc1nc(-c2[c-]cc(F)cc2)nn1-c1ccccc1C.CCCc1nc(-c2[c-]cc3c(c2)C(C)(C)c2ccccc2-3)nn1-c1ccccc1C.CCCc1nc(-c2[c-]ccc(C)c2)nn1-c1ccccc1C.Cc1[c-]c(-c2nc(C)n(-c3ccccc3C)n2)cc(C)c1.[Ir].[Ir].[Ir].[Ir]. The summed E-state index contributed by atoms with van der Waals surface area (Å²) < 4.78 is 20.8. The van der Waals surface area contributed by atoms with Crippen molar-refractivity contribution in [2.75, 3.05) is 0 Å². The molecule has 0 aliphatic heterocycles. The van der Waals surface area contributed by atoms with Gasteiger partial charge in [0.25, 0.3) is 0 Å². The van der Waals surface area contributed by atoms with Crippen LogP contribution in [0.3, 0.4) is 0 Å². The van der Waals surface area contributed by atoms with Crippen molar-refractivity contribution in [2.24, 2.45) is 0 Å². The van der Waals surface area contributed by atoms with Gasteiger partial charge in [0.1, 0.15) is 23.3 Å². The number of halogens is 1. The van der Waals surface area contributed by atoms with E-state index in [2.05, 4.69) is 230 Å². The maximum absolute atomic E-state index is 13.0. The van der Waals surface area contributed by atoms with Crippen LogP contribution in [0.15, 0.2) is 182 Å². The molecule has 1 aliphatic carbocycles. The molecule has 0 N–H and O–H groups in total. The molecule has 17 heteroatoms. The smallest absolute Gasteiger partial charge is 0.122 e. The van der Waals surface area contributed by atoms with E-state index in [1.54, 1.807) is 6.07 Å². The fourth-order valence-electron chi connectivity index (χ4n) is 12.1. The number of aryl methyl sites for hydroxylation is 11. The zero-order chi connectivity index (χ0) is 66.9. The van der Waals surface area contributed by atoms with E-state index in [9.17, 15) is 4.39 Å². The van der Waals surface area contributed by atoms with Gasteiger partial charge in [-0.3, -0.25) is 24.3 Å². The molecule has 13 aromatic rings. The van der Waals surface area contributed by atoms with Crippen molar-refractivity contribution >= 4 is 0 Å². The first-order valence-corrected chi connectivity index (χ1v) is 32.8. The van der Waals surface area contributed by atoms with Crippen LogP contribution >= 0.6 is 0 Å². The average molecular weight is 2020 g/mol. The van der Waals surface area contributed by atoms with Crippen molar-refractivity contribution in [3.8, 4) is 79.4 Å². The van der Waals surface area contributed by atoms with Gasteiger partial charge in [-0.25, -0.2) is 18.7 Å². The molecule has 0 bridgehead atoms. The minimum atomic E-state index is -0.309. The molecular formula is C82H81FIr4N12-4. The van der Waals surface area contributed by atoms with Gasteiger partial charge in [-0.1, -0.05) is 164 Å². The standard InChI is InChI=1S/C27H26N3.C19H20N3.C18H17FN3.C18H18N3.4Ir/c1-5-10-25-28-26(29-30(25)24-14-9-6-11-18(24)2)19-15-16-21-20-12-7-8-13-22(20)27(3,4)23(21)17-19;1-4-8-18-20-19(16-11-7-9-14(2)13-16)21-22(18)17-12-6-5-10-15(17)3;1-3-6-17-20-18(14-9-11-15(19)12-10-14)21-22(17)16-8-5-4-7-13(16)2;1-12-9-13(2)11-16(10-12)18-19-15(4)21(20-18)17-8-6-5-7-14(17)3;;;;/h6-9,11-14,16-17H,5,10H2,1-4H3;5-7,9-10,12-13H,4,8H2,1-3H3;4-5,7-9,11-12H,3,6H2,1-2H3;5-10H,1-4H3;;;;/q4*-1;;;;. The fraction of sp³-hybridized carbons (Fsp3) is 0.244. The van der Waals surface area contributed by atoms with Crippen LogP contribution in [0, 0.1) is 85.5 Å². The minimum Gasteiger partial charge on any atom is -0.265 e. The Bertz CT molecular complexity index is 4810. The topological polar surface area (TPSA) is 123 Å². The van der Waals surface area contributed by atoms with Gasteiger partial charge in [0, 0.05) is 106 Å². The van der Waals surface area contributed by atoms with E-state index in [0.29, 0.717) is 11.4 Å².